The number of carbonyl (C=O) groups is 1. The van der Waals surface area contributed by atoms with Gasteiger partial charge in [-0.05, 0) is 52.9 Å². The molecular formula is C13H17BrN2O. The minimum atomic E-state index is 0.100. The highest BCUT2D eigenvalue weighted by atomic mass is 79.9. The molecule has 1 atom stereocenters. The molecule has 0 aliphatic carbocycles. The summed E-state index contributed by atoms with van der Waals surface area (Å²) in [5.41, 5.74) is 7.04. The zero-order valence-electron chi connectivity index (χ0n) is 9.95. The minimum Gasteiger partial charge on any atom is -0.399 e. The van der Waals surface area contributed by atoms with E-state index in [4.69, 9.17) is 5.73 Å². The van der Waals surface area contributed by atoms with Crippen molar-refractivity contribution < 1.29 is 4.79 Å². The number of hydrogen-bond donors (Lipinski definition) is 1. The van der Waals surface area contributed by atoms with Gasteiger partial charge in [0.2, 0.25) is 0 Å². The molecule has 17 heavy (non-hydrogen) atoms. The number of nitrogens with two attached hydrogens (primary N) is 1. The average Bonchev–Trinajstić information content (AvgIpc) is 2.28. The van der Waals surface area contributed by atoms with E-state index in [0.717, 1.165) is 24.0 Å². The summed E-state index contributed by atoms with van der Waals surface area (Å²) in [6.07, 6.45) is 2.31. The number of carbonyl (C=O) groups excluding carboxylic acids is 1. The van der Waals surface area contributed by atoms with E-state index in [-0.39, 0.29) is 5.91 Å². The summed E-state index contributed by atoms with van der Waals surface area (Å²) < 4.78 is 0.778. The van der Waals surface area contributed by atoms with Gasteiger partial charge in [0.1, 0.15) is 0 Å². The Bertz CT molecular complexity index is 433. The predicted octanol–water partition coefficient (Wildman–Crippen LogP) is 2.90. The molecule has 1 aromatic carbocycles. The third-order valence-electron chi connectivity index (χ3n) is 3.17. The Balaban J connectivity index is 2.18. The van der Waals surface area contributed by atoms with Gasteiger partial charge in [-0.1, -0.05) is 6.92 Å². The fraction of sp³-hybridized carbons (Fsp3) is 0.462. The van der Waals surface area contributed by atoms with Crippen LogP contribution < -0.4 is 5.73 Å². The van der Waals surface area contributed by atoms with Crippen LogP contribution in [0.3, 0.4) is 0 Å². The lowest BCUT2D eigenvalue weighted by molar-refractivity contribution is 0.0682. The Labute approximate surface area is 110 Å². The fourth-order valence-corrected chi connectivity index (χ4v) is 2.82. The molecule has 3 nitrogen and oxygen atoms in total. The molecule has 1 aliphatic heterocycles. The van der Waals surface area contributed by atoms with Gasteiger partial charge in [-0.3, -0.25) is 4.79 Å². The van der Waals surface area contributed by atoms with E-state index >= 15 is 0 Å². The van der Waals surface area contributed by atoms with Crippen molar-refractivity contribution in [2.45, 2.75) is 19.8 Å². The fourth-order valence-electron chi connectivity index (χ4n) is 2.25. The Morgan fingerprint density at radius 2 is 2.29 bits per heavy atom. The first-order valence-electron chi connectivity index (χ1n) is 5.92. The zero-order valence-corrected chi connectivity index (χ0v) is 11.5. The quantitative estimate of drug-likeness (QED) is 0.810. The van der Waals surface area contributed by atoms with E-state index in [1.165, 1.54) is 6.42 Å². The van der Waals surface area contributed by atoms with Crippen molar-refractivity contribution in [2.75, 3.05) is 18.8 Å². The van der Waals surface area contributed by atoms with Crippen molar-refractivity contribution in [2.24, 2.45) is 5.92 Å². The van der Waals surface area contributed by atoms with Crippen molar-refractivity contribution in [3.63, 3.8) is 0 Å². The molecule has 1 unspecified atom stereocenters. The first-order chi connectivity index (χ1) is 8.08. The normalized spacial score (nSPS) is 20.4. The summed E-state index contributed by atoms with van der Waals surface area (Å²) in [5, 5.41) is 0. The molecule has 0 radical (unpaired) electrons. The lowest BCUT2D eigenvalue weighted by atomic mass is 9.99. The molecular weight excluding hydrogens is 280 g/mol. The van der Waals surface area contributed by atoms with E-state index in [1.807, 2.05) is 4.90 Å². The summed E-state index contributed by atoms with van der Waals surface area (Å²) in [7, 11) is 0. The second-order valence-corrected chi connectivity index (χ2v) is 5.59. The number of hydrogen-bond acceptors (Lipinski definition) is 2. The Morgan fingerprint density at radius 1 is 1.53 bits per heavy atom. The zero-order chi connectivity index (χ0) is 12.4. The third kappa shape index (κ3) is 2.80. The van der Waals surface area contributed by atoms with Gasteiger partial charge in [-0.15, -0.1) is 0 Å². The number of rotatable bonds is 1. The van der Waals surface area contributed by atoms with Crippen LogP contribution in [-0.2, 0) is 0 Å². The van der Waals surface area contributed by atoms with E-state index in [1.54, 1.807) is 18.2 Å². The maximum Gasteiger partial charge on any atom is 0.255 e. The minimum absolute atomic E-state index is 0.100. The number of halogens is 1. The molecule has 0 saturated carbocycles. The summed E-state index contributed by atoms with van der Waals surface area (Å²) in [6.45, 7) is 3.91. The van der Waals surface area contributed by atoms with Crippen LogP contribution in [0.25, 0.3) is 0 Å². The molecule has 2 N–H and O–H groups in total. The summed E-state index contributed by atoms with van der Waals surface area (Å²) in [4.78, 5) is 14.3. The highest BCUT2D eigenvalue weighted by molar-refractivity contribution is 9.10. The first kappa shape index (κ1) is 12.4. The molecule has 4 heteroatoms. The lowest BCUT2D eigenvalue weighted by Gasteiger charge is -2.31. The van der Waals surface area contributed by atoms with Crippen LogP contribution >= 0.6 is 15.9 Å². The summed E-state index contributed by atoms with van der Waals surface area (Å²) in [5.74, 6) is 0.698. The Hall–Kier alpha value is -1.03. The SMILES string of the molecule is CC1CCCN(C(=O)c2ccc(N)cc2Br)C1. The van der Waals surface area contributed by atoms with Crippen LogP contribution in [0, 0.1) is 5.92 Å². The standard InChI is InChI=1S/C13H17BrN2O/c1-9-3-2-6-16(8-9)13(17)11-5-4-10(15)7-12(11)14/h4-5,7,9H,2-3,6,8,15H2,1H3. The highest BCUT2D eigenvalue weighted by Gasteiger charge is 2.23. The van der Waals surface area contributed by atoms with Gasteiger partial charge in [0.15, 0.2) is 0 Å². The number of nitrogens with zero attached hydrogens (tertiary/aromatic N) is 1. The monoisotopic (exact) mass is 296 g/mol. The molecule has 1 aliphatic rings. The summed E-state index contributed by atoms with van der Waals surface area (Å²) >= 11 is 3.40. The molecule has 1 aromatic rings. The van der Waals surface area contributed by atoms with Gasteiger partial charge < -0.3 is 10.6 Å². The predicted molar refractivity (Wildman–Crippen MR) is 72.9 cm³/mol. The van der Waals surface area contributed by atoms with Gasteiger partial charge in [-0.25, -0.2) is 0 Å². The van der Waals surface area contributed by atoms with Crippen LogP contribution in [0.2, 0.25) is 0 Å². The molecule has 0 aromatic heterocycles. The second-order valence-electron chi connectivity index (χ2n) is 4.74. The van der Waals surface area contributed by atoms with Crippen LogP contribution in [0.5, 0.6) is 0 Å². The molecule has 0 bridgehead atoms. The first-order valence-corrected chi connectivity index (χ1v) is 6.71. The number of amides is 1. The van der Waals surface area contributed by atoms with Crippen LogP contribution in [0.15, 0.2) is 22.7 Å². The van der Waals surface area contributed by atoms with Crippen LogP contribution in [0.1, 0.15) is 30.1 Å². The maximum absolute atomic E-state index is 12.3. The van der Waals surface area contributed by atoms with Crippen LogP contribution in [-0.4, -0.2) is 23.9 Å². The Morgan fingerprint density at radius 3 is 2.94 bits per heavy atom. The van der Waals surface area contributed by atoms with Crippen molar-refractivity contribution in [3.05, 3.63) is 28.2 Å². The summed E-state index contributed by atoms with van der Waals surface area (Å²) in [6, 6.07) is 5.34. The van der Waals surface area contributed by atoms with Crippen molar-refractivity contribution >= 4 is 27.5 Å². The number of anilines is 1. The van der Waals surface area contributed by atoms with Crippen molar-refractivity contribution in [3.8, 4) is 0 Å². The van der Waals surface area contributed by atoms with E-state index in [0.29, 0.717) is 17.2 Å². The van der Waals surface area contributed by atoms with Gasteiger partial charge in [0.05, 0.1) is 5.56 Å². The number of likely N-dealkylation sites (tertiary alicyclic amines) is 1. The molecule has 1 heterocycles. The molecule has 1 fully saturated rings. The number of benzene rings is 1. The number of nitrogen functional groups attached to an aromatic ring is 1. The lowest BCUT2D eigenvalue weighted by Crippen LogP contribution is -2.39. The van der Waals surface area contributed by atoms with Gasteiger partial charge >= 0.3 is 0 Å². The van der Waals surface area contributed by atoms with Crippen molar-refractivity contribution in [1.29, 1.82) is 0 Å². The average molecular weight is 297 g/mol. The van der Waals surface area contributed by atoms with Gasteiger partial charge in [0.25, 0.3) is 5.91 Å². The van der Waals surface area contributed by atoms with Gasteiger partial charge in [0, 0.05) is 23.2 Å². The third-order valence-corrected chi connectivity index (χ3v) is 3.82. The molecule has 2 rings (SSSR count). The van der Waals surface area contributed by atoms with E-state index < -0.39 is 0 Å². The largest absolute Gasteiger partial charge is 0.399 e. The smallest absolute Gasteiger partial charge is 0.255 e. The molecule has 1 saturated heterocycles. The van der Waals surface area contributed by atoms with E-state index in [2.05, 4.69) is 22.9 Å². The highest BCUT2D eigenvalue weighted by Crippen LogP contribution is 2.24. The van der Waals surface area contributed by atoms with Gasteiger partial charge in [-0.2, -0.15) is 0 Å². The molecule has 92 valence electrons. The topological polar surface area (TPSA) is 46.3 Å². The maximum atomic E-state index is 12.3. The Kier molecular flexibility index (Phi) is 3.72. The van der Waals surface area contributed by atoms with E-state index in [9.17, 15) is 4.79 Å². The van der Waals surface area contributed by atoms with Crippen LogP contribution in [0.4, 0.5) is 5.69 Å². The molecule has 1 amide bonds. The second kappa shape index (κ2) is 5.08. The molecule has 0 spiro atoms. The van der Waals surface area contributed by atoms with Crippen molar-refractivity contribution in [1.82, 2.24) is 4.90 Å². The number of piperidine rings is 1.